The van der Waals surface area contributed by atoms with Crippen LogP contribution in [0.3, 0.4) is 0 Å². The summed E-state index contributed by atoms with van der Waals surface area (Å²) in [5.74, 6) is 2.14. The van der Waals surface area contributed by atoms with Crippen LogP contribution in [0.25, 0.3) is 33.7 Å². The Morgan fingerprint density at radius 1 is 1.12 bits per heavy atom. The molecule has 164 valence electrons. The van der Waals surface area contributed by atoms with Gasteiger partial charge in [-0.3, -0.25) is 4.57 Å². The fourth-order valence-corrected chi connectivity index (χ4v) is 3.78. The number of aromatic nitrogens is 2. The van der Waals surface area contributed by atoms with Crippen LogP contribution in [0.15, 0.2) is 60.7 Å². The number of methoxy groups -OCH3 is 1. The summed E-state index contributed by atoms with van der Waals surface area (Å²) in [4.78, 5) is 8.08. The minimum absolute atomic E-state index is 0.0243. The Hall–Kier alpha value is -4.11. The Labute approximate surface area is 191 Å². The summed E-state index contributed by atoms with van der Waals surface area (Å²) >= 11 is 0. The molecular formula is C27H22FN3O2. The molecule has 0 amide bonds. The lowest BCUT2D eigenvalue weighted by Gasteiger charge is -2.13. The molecule has 0 bridgehead atoms. The van der Waals surface area contributed by atoms with E-state index in [9.17, 15) is 4.39 Å². The van der Waals surface area contributed by atoms with Crippen LogP contribution in [-0.2, 0) is 0 Å². The Morgan fingerprint density at radius 2 is 1.97 bits per heavy atom. The molecule has 33 heavy (non-hydrogen) atoms. The normalized spacial score (nSPS) is 13.4. The molecule has 1 fully saturated rings. The van der Waals surface area contributed by atoms with E-state index in [2.05, 4.69) is 4.85 Å². The van der Waals surface area contributed by atoms with E-state index in [4.69, 9.17) is 21.0 Å². The molecule has 1 aromatic heterocycles. The minimum Gasteiger partial charge on any atom is -0.493 e. The summed E-state index contributed by atoms with van der Waals surface area (Å²) in [7, 11) is 1.63. The Morgan fingerprint density at radius 3 is 2.76 bits per heavy atom. The van der Waals surface area contributed by atoms with E-state index < -0.39 is 5.82 Å². The van der Waals surface area contributed by atoms with Crippen LogP contribution in [0.5, 0.6) is 11.5 Å². The van der Waals surface area contributed by atoms with Crippen LogP contribution in [0.4, 0.5) is 10.1 Å². The first-order valence-electron chi connectivity index (χ1n) is 10.8. The molecule has 3 aromatic carbocycles. The predicted molar refractivity (Wildman–Crippen MR) is 127 cm³/mol. The first kappa shape index (κ1) is 20.8. The van der Waals surface area contributed by atoms with Gasteiger partial charge in [0.15, 0.2) is 11.5 Å². The van der Waals surface area contributed by atoms with E-state index in [1.54, 1.807) is 19.2 Å². The van der Waals surface area contributed by atoms with Gasteiger partial charge in [0.25, 0.3) is 0 Å². The molecule has 0 saturated heterocycles. The molecule has 0 spiro atoms. The third-order valence-electron chi connectivity index (χ3n) is 5.70. The Kier molecular flexibility index (Phi) is 5.54. The second-order valence-electron chi connectivity index (χ2n) is 8.01. The zero-order valence-electron chi connectivity index (χ0n) is 18.2. The molecule has 5 nitrogen and oxygen atoms in total. The SMILES string of the molecule is [C-]#[N+]c1cc(-n2c(C=Cc3cccc(OC)c3OCC3CC3)nc3ccccc32)ccc1F. The van der Waals surface area contributed by atoms with Crippen LogP contribution in [0, 0.1) is 18.3 Å². The first-order valence-corrected chi connectivity index (χ1v) is 10.8. The van der Waals surface area contributed by atoms with Crippen LogP contribution < -0.4 is 9.47 Å². The lowest BCUT2D eigenvalue weighted by Crippen LogP contribution is -2.02. The van der Waals surface area contributed by atoms with Crippen LogP contribution >= 0.6 is 0 Å². The van der Waals surface area contributed by atoms with Crippen LogP contribution in [-0.4, -0.2) is 23.3 Å². The third kappa shape index (κ3) is 4.18. The first-order chi connectivity index (χ1) is 16.2. The topological polar surface area (TPSA) is 40.6 Å². The van der Waals surface area contributed by atoms with Crippen molar-refractivity contribution in [3.63, 3.8) is 0 Å². The average molecular weight is 439 g/mol. The molecule has 4 aromatic rings. The van der Waals surface area contributed by atoms with Crippen molar-refractivity contribution in [2.75, 3.05) is 13.7 Å². The van der Waals surface area contributed by atoms with Crippen LogP contribution in [0.2, 0.25) is 0 Å². The molecule has 0 atom stereocenters. The number of para-hydroxylation sites is 3. The highest BCUT2D eigenvalue weighted by molar-refractivity contribution is 5.83. The molecule has 0 aliphatic heterocycles. The Balaban J connectivity index is 1.59. The number of fused-ring (bicyclic) bond motifs is 1. The molecule has 1 aliphatic rings. The van der Waals surface area contributed by atoms with Crippen molar-refractivity contribution in [1.82, 2.24) is 9.55 Å². The number of ether oxygens (including phenoxy) is 2. The maximum atomic E-state index is 14.0. The number of imidazole rings is 1. The van der Waals surface area contributed by atoms with Crippen molar-refractivity contribution < 1.29 is 13.9 Å². The molecule has 0 N–H and O–H groups in total. The number of hydrogen-bond acceptors (Lipinski definition) is 3. The average Bonchev–Trinajstić information content (AvgIpc) is 3.60. The molecule has 0 unspecified atom stereocenters. The van der Waals surface area contributed by atoms with E-state index in [-0.39, 0.29) is 5.69 Å². The Bertz CT molecular complexity index is 1400. The zero-order valence-corrected chi connectivity index (χ0v) is 18.2. The lowest BCUT2D eigenvalue weighted by molar-refractivity contribution is 0.280. The standard InChI is InChI=1S/C27H22FN3O2/c1-29-23-16-20(13-14-21(23)28)31-24-8-4-3-7-22(24)30-26(31)15-12-19-6-5-9-25(32-2)27(19)33-17-18-10-11-18/h3-9,12-16,18H,10-11,17H2,2H3. The number of benzene rings is 3. The van der Waals surface area contributed by atoms with Gasteiger partial charge in [-0.1, -0.05) is 24.3 Å². The van der Waals surface area contributed by atoms with Gasteiger partial charge in [0.05, 0.1) is 31.3 Å². The van der Waals surface area contributed by atoms with Gasteiger partial charge in [-0.2, -0.15) is 0 Å². The van der Waals surface area contributed by atoms with Crippen molar-refractivity contribution in [1.29, 1.82) is 0 Å². The van der Waals surface area contributed by atoms with Crippen molar-refractivity contribution in [2.24, 2.45) is 5.92 Å². The van der Waals surface area contributed by atoms with Gasteiger partial charge in [0.1, 0.15) is 11.6 Å². The van der Waals surface area contributed by atoms with E-state index in [1.807, 2.05) is 59.2 Å². The highest BCUT2D eigenvalue weighted by Gasteiger charge is 2.23. The van der Waals surface area contributed by atoms with Crippen molar-refractivity contribution in [3.8, 4) is 17.2 Å². The molecule has 1 aliphatic carbocycles. The van der Waals surface area contributed by atoms with Gasteiger partial charge >= 0.3 is 0 Å². The lowest BCUT2D eigenvalue weighted by atomic mass is 10.1. The van der Waals surface area contributed by atoms with Crippen molar-refractivity contribution in [3.05, 3.63) is 89.3 Å². The van der Waals surface area contributed by atoms with E-state index >= 15 is 0 Å². The summed E-state index contributed by atoms with van der Waals surface area (Å²) in [5, 5.41) is 0. The summed E-state index contributed by atoms with van der Waals surface area (Å²) < 4.78 is 27.5. The molecule has 0 radical (unpaired) electrons. The maximum absolute atomic E-state index is 14.0. The smallest absolute Gasteiger partial charge is 0.224 e. The highest BCUT2D eigenvalue weighted by atomic mass is 19.1. The summed E-state index contributed by atoms with van der Waals surface area (Å²) in [5.41, 5.74) is 3.21. The fourth-order valence-electron chi connectivity index (χ4n) is 3.78. The van der Waals surface area contributed by atoms with Crippen LogP contribution in [0.1, 0.15) is 24.2 Å². The number of halogens is 1. The predicted octanol–water partition coefficient (Wildman–Crippen LogP) is 6.68. The molecule has 6 heteroatoms. The fraction of sp³-hybridized carbons (Fsp3) is 0.185. The van der Waals surface area contributed by atoms with Crippen molar-refractivity contribution in [2.45, 2.75) is 12.8 Å². The van der Waals surface area contributed by atoms with E-state index in [0.717, 1.165) is 16.6 Å². The second-order valence-corrected chi connectivity index (χ2v) is 8.01. The van der Waals surface area contributed by atoms with Gasteiger partial charge in [0.2, 0.25) is 5.69 Å². The summed E-state index contributed by atoms with van der Waals surface area (Å²) in [6.45, 7) is 7.95. The second kappa shape index (κ2) is 8.79. The maximum Gasteiger partial charge on any atom is 0.224 e. The molecule has 5 rings (SSSR count). The van der Waals surface area contributed by atoms with E-state index in [0.29, 0.717) is 35.5 Å². The van der Waals surface area contributed by atoms with E-state index in [1.165, 1.54) is 18.9 Å². The molecule has 1 saturated carbocycles. The zero-order chi connectivity index (χ0) is 22.8. The van der Waals surface area contributed by atoms with Gasteiger partial charge in [-0.15, -0.1) is 0 Å². The van der Waals surface area contributed by atoms with Gasteiger partial charge in [0, 0.05) is 11.3 Å². The largest absolute Gasteiger partial charge is 0.493 e. The molecular weight excluding hydrogens is 417 g/mol. The highest BCUT2D eigenvalue weighted by Crippen LogP contribution is 2.36. The monoisotopic (exact) mass is 439 g/mol. The summed E-state index contributed by atoms with van der Waals surface area (Å²) in [6, 6.07) is 18.0. The van der Waals surface area contributed by atoms with Gasteiger partial charge in [-0.05, 0) is 67.3 Å². The molecule has 1 heterocycles. The summed E-state index contributed by atoms with van der Waals surface area (Å²) in [6.07, 6.45) is 6.25. The number of rotatable bonds is 7. The van der Waals surface area contributed by atoms with Crippen molar-refractivity contribution >= 4 is 28.9 Å². The van der Waals surface area contributed by atoms with Gasteiger partial charge in [-0.25, -0.2) is 14.2 Å². The minimum atomic E-state index is -0.538. The van der Waals surface area contributed by atoms with Gasteiger partial charge < -0.3 is 9.47 Å². The third-order valence-corrected chi connectivity index (χ3v) is 5.70. The number of hydrogen-bond donors (Lipinski definition) is 0. The quantitative estimate of drug-likeness (QED) is 0.302. The number of nitrogens with zero attached hydrogens (tertiary/aromatic N) is 3.